The second-order valence-corrected chi connectivity index (χ2v) is 18.4. The molecule has 6 heteroatoms. The topological polar surface area (TPSA) is 46.8 Å². The van der Waals surface area contributed by atoms with E-state index in [1.165, 1.54) is 66.4 Å². The number of hydrogen-bond acceptors (Lipinski definition) is 4. The van der Waals surface area contributed by atoms with Gasteiger partial charge in [0.05, 0.1) is 17.6 Å². The van der Waals surface area contributed by atoms with E-state index in [1.807, 2.05) is 0 Å². The first-order chi connectivity index (χ1) is 31.2. The van der Waals surface area contributed by atoms with Gasteiger partial charge in [-0.2, -0.15) is 0 Å². The largest absolute Gasteiger partial charge is 0.358 e. The third-order valence-corrected chi connectivity index (χ3v) is 15.1. The molecule has 14 rings (SSSR count). The zero-order valence-corrected chi connectivity index (χ0v) is 34.9. The lowest BCUT2D eigenvalue weighted by atomic mass is 9.28. The van der Waals surface area contributed by atoms with Crippen molar-refractivity contribution in [3.05, 3.63) is 211 Å². The van der Waals surface area contributed by atoms with Crippen molar-refractivity contribution in [1.29, 1.82) is 0 Å². The van der Waals surface area contributed by atoms with Crippen molar-refractivity contribution >= 4 is 62.0 Å². The molecule has 300 valence electrons. The van der Waals surface area contributed by atoms with Crippen LogP contribution in [0.5, 0.6) is 0 Å². The van der Waals surface area contributed by atoms with E-state index >= 15 is 0 Å². The molecule has 3 aliphatic heterocycles. The van der Waals surface area contributed by atoms with Gasteiger partial charge in [-0.25, -0.2) is 15.0 Å². The molecular weight excluding hydrogens is 765 g/mol. The molecule has 0 spiro atoms. The Morgan fingerprint density at radius 1 is 0.635 bits per heavy atom. The van der Waals surface area contributed by atoms with Crippen LogP contribution in [0.2, 0.25) is 5.82 Å². The minimum Gasteiger partial charge on any atom is -0.358 e. The van der Waals surface area contributed by atoms with Gasteiger partial charge in [-0.1, -0.05) is 169 Å². The average Bonchev–Trinajstić information content (AvgIpc) is 3.88. The first kappa shape index (κ1) is 35.5. The Balaban J connectivity index is 1.02. The molecule has 5 nitrogen and oxygen atoms in total. The molecule has 0 saturated carbocycles. The van der Waals surface area contributed by atoms with Crippen LogP contribution in [0, 0.1) is 0 Å². The standard InChI is InChI=1S/C57H44BN5/c1-5-15-35(16-6-1)39-27-29-48-44(31-39)42-23-13-25-46-53(42)62(48)50-33-41(57-60-55(37-19-9-3-10-20-37)59-56(61-57)38-21-11-4-12-22-38)34-51-52(50)58(46)47-26-14-24-43-45-32-40(36-17-7-2-8-18-36)28-30-49(45)63(51)54(43)47/h1-3,5-11,13-19,21-31,33-34,37,40,45,49,51-52H,4,12,20,32H2. The number of rotatable bonds is 5. The van der Waals surface area contributed by atoms with Gasteiger partial charge < -0.3 is 9.47 Å². The van der Waals surface area contributed by atoms with Gasteiger partial charge in [0.25, 0.3) is 0 Å². The Morgan fingerprint density at radius 3 is 2.32 bits per heavy atom. The molecule has 63 heavy (non-hydrogen) atoms. The fourth-order valence-electron chi connectivity index (χ4n) is 12.4. The highest BCUT2D eigenvalue weighted by atomic mass is 15.2. The number of anilines is 1. The van der Waals surface area contributed by atoms with Crippen LogP contribution in [-0.2, 0) is 0 Å². The zero-order chi connectivity index (χ0) is 41.2. The maximum absolute atomic E-state index is 5.43. The zero-order valence-electron chi connectivity index (χ0n) is 34.9. The number of benzene rings is 5. The normalized spacial score (nSPS) is 24.5. The maximum atomic E-state index is 5.43. The van der Waals surface area contributed by atoms with Crippen LogP contribution in [0.1, 0.15) is 72.0 Å². The smallest absolute Gasteiger partial charge is 0.226 e. The highest BCUT2D eigenvalue weighted by Gasteiger charge is 2.56. The lowest BCUT2D eigenvalue weighted by Gasteiger charge is -2.50. The van der Waals surface area contributed by atoms with Crippen molar-refractivity contribution in [3.8, 4) is 11.1 Å². The molecule has 7 aliphatic rings. The van der Waals surface area contributed by atoms with Crippen molar-refractivity contribution in [2.75, 3.05) is 4.90 Å². The molecule has 0 radical (unpaired) electrons. The van der Waals surface area contributed by atoms with Crippen molar-refractivity contribution in [1.82, 2.24) is 19.5 Å². The fraction of sp³-hybridized carbons (Fsp3) is 0.175. The quantitative estimate of drug-likeness (QED) is 0.128. The number of hydrogen-bond donors (Lipinski definition) is 0. The van der Waals surface area contributed by atoms with Gasteiger partial charge in [0.1, 0.15) is 5.82 Å². The molecule has 0 saturated heterocycles. The summed E-state index contributed by atoms with van der Waals surface area (Å²) in [7, 11) is 0. The summed E-state index contributed by atoms with van der Waals surface area (Å²) >= 11 is 0. The third-order valence-electron chi connectivity index (χ3n) is 15.1. The lowest BCUT2D eigenvalue weighted by Crippen LogP contribution is -2.63. The molecule has 2 aromatic heterocycles. The first-order valence-corrected chi connectivity index (χ1v) is 22.9. The predicted octanol–water partition coefficient (Wildman–Crippen LogP) is 11.3. The summed E-state index contributed by atoms with van der Waals surface area (Å²) in [5.41, 5.74) is 15.8. The van der Waals surface area contributed by atoms with Gasteiger partial charge in [0, 0.05) is 62.4 Å². The summed E-state index contributed by atoms with van der Waals surface area (Å²) in [6.07, 6.45) is 29.6. The number of fused-ring (bicyclic) bond motifs is 10. The van der Waals surface area contributed by atoms with Crippen molar-refractivity contribution in [3.63, 3.8) is 0 Å². The van der Waals surface area contributed by atoms with E-state index in [0.717, 1.165) is 54.3 Å². The van der Waals surface area contributed by atoms with Crippen LogP contribution in [0.25, 0.3) is 49.8 Å². The van der Waals surface area contributed by atoms with E-state index in [0.29, 0.717) is 11.8 Å². The first-order valence-electron chi connectivity index (χ1n) is 22.9. The van der Waals surface area contributed by atoms with Gasteiger partial charge in [-0.3, -0.25) is 0 Å². The minimum absolute atomic E-state index is 0.0750. The molecule has 0 amide bonds. The number of allylic oxidation sites excluding steroid dienone is 11. The summed E-state index contributed by atoms with van der Waals surface area (Å²) in [6, 6.07) is 43.7. The molecule has 7 aromatic rings. The summed E-state index contributed by atoms with van der Waals surface area (Å²) in [4.78, 5) is 18.9. The van der Waals surface area contributed by atoms with Crippen LogP contribution < -0.4 is 15.8 Å². The Kier molecular flexibility index (Phi) is 7.74. The molecule has 5 aromatic carbocycles. The number of para-hydroxylation sites is 2. The van der Waals surface area contributed by atoms with Crippen LogP contribution in [-0.4, -0.2) is 38.3 Å². The van der Waals surface area contributed by atoms with E-state index in [-0.39, 0.29) is 30.5 Å². The molecule has 4 aliphatic carbocycles. The van der Waals surface area contributed by atoms with Gasteiger partial charge in [0.15, 0.2) is 11.6 Å². The Morgan fingerprint density at radius 2 is 1.48 bits per heavy atom. The third kappa shape index (κ3) is 5.27. The highest BCUT2D eigenvalue weighted by molar-refractivity contribution is 6.91. The molecule has 5 heterocycles. The minimum atomic E-state index is 0.0750. The highest BCUT2D eigenvalue weighted by Crippen LogP contribution is 2.57. The molecule has 0 fully saturated rings. The SMILES string of the molecule is C1=CCC(c2nc(C3=CCCC=C3)nc(C3=CC4C5B(c6cccc7c6N4C4C=CC(c6ccccc6)CC74)c4cccc6c7cc(-c8ccccc8)ccc7n(c46)C5=C3)n2)C=C1. The molecule has 0 bridgehead atoms. The summed E-state index contributed by atoms with van der Waals surface area (Å²) < 4.78 is 2.63. The number of aromatic nitrogens is 4. The van der Waals surface area contributed by atoms with Crippen molar-refractivity contribution < 1.29 is 0 Å². The molecule has 6 atom stereocenters. The van der Waals surface area contributed by atoms with E-state index in [4.69, 9.17) is 15.0 Å². The van der Waals surface area contributed by atoms with Crippen molar-refractivity contribution in [2.24, 2.45) is 0 Å². The molecule has 6 unspecified atom stereocenters. The van der Waals surface area contributed by atoms with Gasteiger partial charge >= 0.3 is 0 Å². The Bertz CT molecular complexity index is 3290. The maximum Gasteiger partial charge on any atom is 0.226 e. The van der Waals surface area contributed by atoms with Crippen LogP contribution in [0.15, 0.2) is 182 Å². The predicted molar refractivity (Wildman–Crippen MR) is 260 cm³/mol. The summed E-state index contributed by atoms with van der Waals surface area (Å²) in [6.45, 7) is 0.189. The molecule has 0 N–H and O–H groups in total. The second-order valence-electron chi connectivity index (χ2n) is 18.4. The van der Waals surface area contributed by atoms with Crippen LogP contribution in [0.4, 0.5) is 5.69 Å². The Hall–Kier alpha value is -7.05. The fourth-order valence-corrected chi connectivity index (χ4v) is 12.4. The van der Waals surface area contributed by atoms with Crippen molar-refractivity contribution in [2.45, 2.75) is 61.3 Å². The summed E-state index contributed by atoms with van der Waals surface area (Å²) in [5, 5.41) is 2.60. The van der Waals surface area contributed by atoms with Crippen LogP contribution >= 0.6 is 0 Å². The second kappa shape index (κ2) is 13.7. The van der Waals surface area contributed by atoms with Crippen LogP contribution in [0.3, 0.4) is 0 Å². The monoisotopic (exact) mass is 809 g/mol. The summed E-state index contributed by atoms with van der Waals surface area (Å²) in [5.74, 6) is 3.41. The van der Waals surface area contributed by atoms with E-state index in [9.17, 15) is 0 Å². The van der Waals surface area contributed by atoms with Gasteiger partial charge in [-0.05, 0) is 71.6 Å². The van der Waals surface area contributed by atoms with E-state index in [2.05, 4.69) is 192 Å². The lowest BCUT2D eigenvalue weighted by molar-refractivity contribution is 0.495. The average molecular weight is 810 g/mol. The Labute approximate surface area is 368 Å². The van der Waals surface area contributed by atoms with Gasteiger partial charge in [-0.15, -0.1) is 0 Å². The molecular formula is C57H44BN5. The van der Waals surface area contributed by atoms with E-state index in [1.54, 1.807) is 0 Å². The number of nitrogens with zero attached hydrogens (tertiary/aromatic N) is 5. The van der Waals surface area contributed by atoms with E-state index < -0.39 is 0 Å². The van der Waals surface area contributed by atoms with Gasteiger partial charge in [0.2, 0.25) is 6.71 Å².